The third-order valence-corrected chi connectivity index (χ3v) is 4.23. The van der Waals surface area contributed by atoms with Crippen LogP contribution >= 0.6 is 56.8 Å². The fraction of sp³-hybridized carbons (Fsp3) is 0. The van der Waals surface area contributed by atoms with Crippen LogP contribution in [0.1, 0.15) is 11.3 Å². The number of esters is 1. The maximum Gasteiger partial charge on any atom is 0.363 e. The van der Waals surface area contributed by atoms with Gasteiger partial charge in [0.1, 0.15) is 5.76 Å². The molecule has 2 aromatic rings. The zero-order chi connectivity index (χ0) is 15.0. The van der Waals surface area contributed by atoms with Crippen molar-refractivity contribution in [3.8, 4) is 0 Å². The zero-order valence-corrected chi connectivity index (χ0v) is 15.3. The highest BCUT2D eigenvalue weighted by Gasteiger charge is 2.26. The van der Waals surface area contributed by atoms with Crippen LogP contribution in [-0.4, -0.2) is 11.9 Å². The van der Waals surface area contributed by atoms with E-state index in [1.54, 1.807) is 24.3 Å². The molecule has 1 aliphatic heterocycles. The van der Waals surface area contributed by atoms with Gasteiger partial charge in [0.15, 0.2) is 9.46 Å². The maximum absolute atomic E-state index is 11.9. The first-order valence-electron chi connectivity index (χ1n) is 5.76. The number of carbonyl (C=O) groups is 1. The Kier molecular flexibility index (Phi) is 4.36. The molecule has 0 saturated heterocycles. The van der Waals surface area contributed by atoms with Gasteiger partial charge in [0.05, 0.1) is 10.6 Å². The molecule has 2 heterocycles. The number of ether oxygens (including phenoxy) is 1. The number of aliphatic imine (C=N–C) groups is 1. The summed E-state index contributed by atoms with van der Waals surface area (Å²) in [5, 5.41) is 0.482. The summed E-state index contributed by atoms with van der Waals surface area (Å²) >= 11 is 10.3. The standard InChI is InChI=1S/C14H6ClI2NO3/c15-10-3-1-7(16)5-9(10)13-18-11(14(19)21-13)6-8-2-4-12(17)20-8/h1-6H. The van der Waals surface area contributed by atoms with Gasteiger partial charge < -0.3 is 9.15 Å². The van der Waals surface area contributed by atoms with E-state index in [9.17, 15) is 4.79 Å². The summed E-state index contributed by atoms with van der Waals surface area (Å²) in [7, 11) is 0. The van der Waals surface area contributed by atoms with Crippen LogP contribution in [0.25, 0.3) is 6.08 Å². The topological polar surface area (TPSA) is 51.8 Å². The number of nitrogens with zero attached hydrogens (tertiary/aromatic N) is 1. The highest BCUT2D eigenvalue weighted by molar-refractivity contribution is 14.1. The van der Waals surface area contributed by atoms with E-state index >= 15 is 0 Å². The smallest absolute Gasteiger partial charge is 0.363 e. The second-order valence-electron chi connectivity index (χ2n) is 4.10. The van der Waals surface area contributed by atoms with Crippen LogP contribution in [0.5, 0.6) is 0 Å². The van der Waals surface area contributed by atoms with Crippen LogP contribution in [0.15, 0.2) is 45.4 Å². The number of carbonyl (C=O) groups excluding carboxylic acids is 1. The van der Waals surface area contributed by atoms with Gasteiger partial charge >= 0.3 is 5.97 Å². The van der Waals surface area contributed by atoms with E-state index in [1.807, 2.05) is 34.7 Å². The molecule has 106 valence electrons. The Balaban J connectivity index is 1.99. The van der Waals surface area contributed by atoms with Crippen LogP contribution in [0.3, 0.4) is 0 Å². The molecule has 0 spiro atoms. The predicted octanol–water partition coefficient (Wildman–Crippen LogP) is 4.49. The van der Waals surface area contributed by atoms with Crippen molar-refractivity contribution < 1.29 is 13.9 Å². The molecular formula is C14H6ClI2NO3. The Morgan fingerprint density at radius 3 is 2.71 bits per heavy atom. The monoisotopic (exact) mass is 525 g/mol. The number of halogens is 3. The molecule has 21 heavy (non-hydrogen) atoms. The Morgan fingerprint density at radius 2 is 2.00 bits per heavy atom. The van der Waals surface area contributed by atoms with Crippen LogP contribution in [0.2, 0.25) is 5.02 Å². The Hall–Kier alpha value is -0.870. The van der Waals surface area contributed by atoms with Crippen molar-refractivity contribution in [3.63, 3.8) is 0 Å². The second-order valence-corrected chi connectivity index (χ2v) is 6.82. The van der Waals surface area contributed by atoms with Crippen LogP contribution in [0.4, 0.5) is 0 Å². The highest BCUT2D eigenvalue weighted by Crippen LogP contribution is 2.25. The lowest BCUT2D eigenvalue weighted by molar-refractivity contribution is -0.129. The van der Waals surface area contributed by atoms with Gasteiger partial charge in [-0.25, -0.2) is 9.79 Å². The molecule has 0 N–H and O–H groups in total. The van der Waals surface area contributed by atoms with Crippen molar-refractivity contribution in [1.29, 1.82) is 0 Å². The lowest BCUT2D eigenvalue weighted by atomic mass is 10.2. The summed E-state index contributed by atoms with van der Waals surface area (Å²) in [6.07, 6.45) is 1.54. The maximum atomic E-state index is 11.9. The molecule has 1 aromatic heterocycles. The summed E-state index contributed by atoms with van der Waals surface area (Å²) in [5.74, 6) is 0.229. The number of benzene rings is 1. The summed E-state index contributed by atoms with van der Waals surface area (Å²) in [6.45, 7) is 0. The van der Waals surface area contributed by atoms with Crippen LogP contribution < -0.4 is 0 Å². The van der Waals surface area contributed by atoms with E-state index in [4.69, 9.17) is 20.8 Å². The van der Waals surface area contributed by atoms with Crippen molar-refractivity contribution in [3.05, 3.63) is 59.7 Å². The fourth-order valence-corrected chi connectivity index (χ4v) is 2.85. The van der Waals surface area contributed by atoms with Gasteiger partial charge in [0.2, 0.25) is 5.90 Å². The Labute approximate surface area is 152 Å². The van der Waals surface area contributed by atoms with E-state index in [2.05, 4.69) is 27.6 Å². The molecule has 7 heteroatoms. The van der Waals surface area contributed by atoms with E-state index in [0.717, 1.165) is 7.34 Å². The van der Waals surface area contributed by atoms with Crippen molar-refractivity contribution in [2.45, 2.75) is 0 Å². The number of furan rings is 1. The normalized spacial score (nSPS) is 16.2. The number of rotatable bonds is 2. The predicted molar refractivity (Wildman–Crippen MR) is 96.2 cm³/mol. The lowest BCUT2D eigenvalue weighted by Gasteiger charge is -2.02. The Bertz CT molecular complexity index is 795. The van der Waals surface area contributed by atoms with E-state index < -0.39 is 5.97 Å². The van der Waals surface area contributed by atoms with E-state index in [1.165, 1.54) is 0 Å². The summed E-state index contributed by atoms with van der Waals surface area (Å²) in [5.41, 5.74) is 0.778. The average Bonchev–Trinajstić information content (AvgIpc) is 3.00. The minimum Gasteiger partial charge on any atom is -0.451 e. The van der Waals surface area contributed by atoms with Gasteiger partial charge in [-0.05, 0) is 75.5 Å². The van der Waals surface area contributed by atoms with Gasteiger partial charge in [0, 0.05) is 9.65 Å². The summed E-state index contributed by atoms with van der Waals surface area (Å²) in [6, 6.07) is 8.98. The van der Waals surface area contributed by atoms with Crippen LogP contribution in [0, 0.1) is 7.34 Å². The molecule has 0 amide bonds. The molecule has 3 rings (SSSR count). The third-order valence-electron chi connectivity index (χ3n) is 2.65. The van der Waals surface area contributed by atoms with Gasteiger partial charge in [-0.3, -0.25) is 0 Å². The molecule has 1 aromatic carbocycles. The second kappa shape index (κ2) is 6.09. The zero-order valence-electron chi connectivity index (χ0n) is 10.3. The SMILES string of the molecule is O=C1OC(c2cc(I)ccc2Cl)=NC1=Cc1ccc(I)o1. The number of cyclic esters (lactones) is 1. The molecule has 0 saturated carbocycles. The van der Waals surface area contributed by atoms with Gasteiger partial charge in [-0.1, -0.05) is 11.6 Å². The first kappa shape index (κ1) is 15.0. The largest absolute Gasteiger partial charge is 0.451 e. The molecule has 0 aliphatic carbocycles. The van der Waals surface area contributed by atoms with Crippen molar-refractivity contribution in [1.82, 2.24) is 0 Å². The van der Waals surface area contributed by atoms with Crippen molar-refractivity contribution in [2.24, 2.45) is 4.99 Å². The molecule has 0 bridgehead atoms. The highest BCUT2D eigenvalue weighted by atomic mass is 127. The summed E-state index contributed by atoms with van der Waals surface area (Å²) in [4.78, 5) is 16.1. The molecule has 0 radical (unpaired) electrons. The van der Waals surface area contributed by atoms with E-state index in [-0.39, 0.29) is 11.6 Å². The lowest BCUT2D eigenvalue weighted by Crippen LogP contribution is -2.06. The Morgan fingerprint density at radius 1 is 1.19 bits per heavy atom. The molecular weight excluding hydrogens is 519 g/mol. The minimum atomic E-state index is -0.522. The molecule has 1 aliphatic rings. The van der Waals surface area contributed by atoms with Gasteiger partial charge in [-0.2, -0.15) is 0 Å². The first-order chi connectivity index (χ1) is 10.0. The molecule has 0 atom stereocenters. The molecule has 4 nitrogen and oxygen atoms in total. The minimum absolute atomic E-state index is 0.186. The quantitative estimate of drug-likeness (QED) is 0.330. The third kappa shape index (κ3) is 3.32. The number of hydrogen-bond acceptors (Lipinski definition) is 4. The van der Waals surface area contributed by atoms with Crippen molar-refractivity contribution >= 4 is 74.7 Å². The van der Waals surface area contributed by atoms with Gasteiger partial charge in [-0.15, -0.1) is 0 Å². The van der Waals surface area contributed by atoms with Crippen molar-refractivity contribution in [2.75, 3.05) is 0 Å². The van der Waals surface area contributed by atoms with Gasteiger partial charge in [0.25, 0.3) is 0 Å². The molecule has 0 fully saturated rings. The first-order valence-corrected chi connectivity index (χ1v) is 8.30. The fourth-order valence-electron chi connectivity index (χ4n) is 1.73. The average molecular weight is 525 g/mol. The molecule has 0 unspecified atom stereocenters. The van der Waals surface area contributed by atoms with Crippen LogP contribution in [-0.2, 0) is 9.53 Å². The number of hydrogen-bond donors (Lipinski definition) is 0. The summed E-state index contributed by atoms with van der Waals surface area (Å²) < 4.78 is 12.3. The van der Waals surface area contributed by atoms with E-state index in [0.29, 0.717) is 16.3 Å².